The lowest BCUT2D eigenvalue weighted by atomic mass is 9.97. The highest BCUT2D eigenvalue weighted by molar-refractivity contribution is 5.94. The summed E-state index contributed by atoms with van der Waals surface area (Å²) in [7, 11) is 0. The van der Waals surface area contributed by atoms with E-state index in [1.165, 1.54) is 4.68 Å². The van der Waals surface area contributed by atoms with E-state index in [-0.39, 0.29) is 12.6 Å². The van der Waals surface area contributed by atoms with E-state index in [2.05, 4.69) is 10.4 Å². The van der Waals surface area contributed by atoms with E-state index in [4.69, 9.17) is 24.9 Å². The van der Waals surface area contributed by atoms with E-state index in [1.807, 2.05) is 127 Å². The highest BCUT2D eigenvalue weighted by Crippen LogP contribution is 2.36. The summed E-state index contributed by atoms with van der Waals surface area (Å²) in [5, 5.41) is 8.25. The molecule has 0 aliphatic carbocycles. The molecule has 48 heavy (non-hydrogen) atoms. The highest BCUT2D eigenvalue weighted by Gasteiger charge is 2.23. The Labute approximate surface area is 281 Å². The molecule has 10 heteroatoms. The Morgan fingerprint density at radius 3 is 2.29 bits per heavy atom. The maximum atomic E-state index is 12.9. The third kappa shape index (κ3) is 8.70. The van der Waals surface area contributed by atoms with Crippen LogP contribution >= 0.6 is 0 Å². The van der Waals surface area contributed by atoms with Crippen molar-refractivity contribution in [1.82, 2.24) is 20.1 Å². The SMILES string of the molecule is Cc1nn(C(=O)OC(C)(C)C)c2ccc(-c3cc(OC[C@H](Cc4ccccc4)NC(=O)OC(C)(C)C)cnc3-c3cccc(N)c3)cc12. The fourth-order valence-electron chi connectivity index (χ4n) is 5.26. The molecule has 2 aromatic heterocycles. The third-order valence-corrected chi connectivity index (χ3v) is 7.26. The number of ether oxygens (including phenoxy) is 3. The number of anilines is 1. The Morgan fingerprint density at radius 1 is 0.875 bits per heavy atom. The van der Waals surface area contributed by atoms with Gasteiger partial charge in [-0.2, -0.15) is 9.78 Å². The number of hydrogen-bond donors (Lipinski definition) is 2. The number of nitrogen functional groups attached to an aromatic ring is 1. The number of nitrogens with one attached hydrogen (secondary N) is 1. The minimum atomic E-state index is -0.662. The summed E-state index contributed by atoms with van der Waals surface area (Å²) in [4.78, 5) is 30.5. The second-order valence-corrected chi connectivity index (χ2v) is 13.7. The van der Waals surface area contributed by atoms with Crippen LogP contribution in [0.1, 0.15) is 52.8 Å². The normalized spacial score (nSPS) is 12.4. The number of nitrogens with two attached hydrogens (primary N) is 1. The minimum Gasteiger partial charge on any atom is -0.490 e. The second kappa shape index (κ2) is 13.8. The number of rotatable bonds is 8. The molecule has 3 N–H and O–H groups in total. The van der Waals surface area contributed by atoms with Gasteiger partial charge in [-0.05, 0) is 96.3 Å². The summed E-state index contributed by atoms with van der Waals surface area (Å²) in [5.41, 5.74) is 11.0. The van der Waals surface area contributed by atoms with E-state index in [0.29, 0.717) is 34.8 Å². The van der Waals surface area contributed by atoms with Gasteiger partial charge in [0.15, 0.2) is 0 Å². The van der Waals surface area contributed by atoms with Gasteiger partial charge in [-0.3, -0.25) is 4.98 Å². The summed E-state index contributed by atoms with van der Waals surface area (Å²) < 4.78 is 18.7. The standard InChI is InChI=1S/C38H43N5O5/c1-24-31-20-26(16-17-33(31)43(42-24)36(45)48-38(5,6)7)32-21-30(22-40-34(32)27-14-11-15-28(39)19-27)46-23-29(18-25-12-9-8-10-13-25)41-35(44)47-37(2,3)4/h8-17,19-22,29H,18,23,39H2,1-7H3,(H,41,44)/t29-/m0/s1. The Kier molecular flexibility index (Phi) is 9.74. The van der Waals surface area contributed by atoms with Crippen LogP contribution in [0.2, 0.25) is 0 Å². The fraction of sp³-hybridized carbons (Fsp3) is 0.316. The molecule has 5 rings (SSSR count). The molecule has 0 saturated heterocycles. The first-order valence-electron chi connectivity index (χ1n) is 15.9. The quantitative estimate of drug-likeness (QED) is 0.162. The molecule has 0 unspecified atom stereocenters. The molecule has 5 aromatic rings. The second-order valence-electron chi connectivity index (χ2n) is 13.7. The van der Waals surface area contributed by atoms with Crippen LogP contribution in [0.3, 0.4) is 0 Å². The van der Waals surface area contributed by atoms with Gasteiger partial charge < -0.3 is 25.3 Å². The minimum absolute atomic E-state index is 0.174. The van der Waals surface area contributed by atoms with Gasteiger partial charge in [-0.15, -0.1) is 0 Å². The number of carbonyl (C=O) groups excluding carboxylic acids is 2. The number of alkyl carbamates (subject to hydrolysis) is 1. The summed E-state index contributed by atoms with van der Waals surface area (Å²) >= 11 is 0. The van der Waals surface area contributed by atoms with Crippen LogP contribution in [0.4, 0.5) is 15.3 Å². The van der Waals surface area contributed by atoms with Gasteiger partial charge in [0, 0.05) is 22.2 Å². The van der Waals surface area contributed by atoms with Crippen LogP contribution in [0.25, 0.3) is 33.3 Å². The zero-order valence-corrected chi connectivity index (χ0v) is 28.5. The zero-order valence-electron chi connectivity index (χ0n) is 28.5. The number of fused-ring (bicyclic) bond motifs is 1. The number of nitrogens with zero attached hydrogens (tertiary/aromatic N) is 3. The Balaban J connectivity index is 1.49. The van der Waals surface area contributed by atoms with E-state index in [1.54, 1.807) is 6.20 Å². The van der Waals surface area contributed by atoms with Crippen LogP contribution in [-0.4, -0.2) is 50.8 Å². The molecule has 3 aromatic carbocycles. The predicted octanol–water partition coefficient (Wildman–Crippen LogP) is 7.95. The molecule has 1 amide bonds. The first kappa shape index (κ1) is 34.0. The fourth-order valence-corrected chi connectivity index (χ4v) is 5.26. The molecule has 1 atom stereocenters. The van der Waals surface area contributed by atoms with Gasteiger partial charge in [0.1, 0.15) is 23.6 Å². The van der Waals surface area contributed by atoms with Crippen LogP contribution in [-0.2, 0) is 15.9 Å². The molecule has 0 spiro atoms. The number of aromatic nitrogens is 3. The van der Waals surface area contributed by atoms with Crippen molar-refractivity contribution in [1.29, 1.82) is 0 Å². The number of amides is 1. The number of pyridine rings is 1. The average Bonchev–Trinajstić information content (AvgIpc) is 3.34. The maximum Gasteiger partial charge on any atom is 0.435 e. The van der Waals surface area contributed by atoms with Gasteiger partial charge in [0.25, 0.3) is 0 Å². The number of carbonyl (C=O) groups is 2. The van der Waals surface area contributed by atoms with Gasteiger partial charge in [0.2, 0.25) is 0 Å². The first-order valence-corrected chi connectivity index (χ1v) is 15.9. The molecule has 0 fully saturated rings. The van der Waals surface area contributed by atoms with Crippen molar-refractivity contribution in [3.8, 4) is 28.1 Å². The van der Waals surface area contributed by atoms with Crippen molar-refractivity contribution in [2.24, 2.45) is 0 Å². The molecule has 0 bridgehead atoms. The summed E-state index contributed by atoms with van der Waals surface area (Å²) in [6.07, 6.45) is 1.15. The lowest BCUT2D eigenvalue weighted by Gasteiger charge is -2.24. The van der Waals surface area contributed by atoms with Crippen molar-refractivity contribution >= 4 is 28.8 Å². The first-order chi connectivity index (χ1) is 22.6. The highest BCUT2D eigenvalue weighted by atomic mass is 16.6. The number of aryl methyl sites for hydroxylation is 1. The molecular formula is C38H43N5O5. The largest absolute Gasteiger partial charge is 0.490 e. The molecular weight excluding hydrogens is 606 g/mol. The molecule has 0 radical (unpaired) electrons. The van der Waals surface area contributed by atoms with Gasteiger partial charge in [-0.1, -0.05) is 48.5 Å². The zero-order chi connectivity index (χ0) is 34.6. The molecule has 0 aliphatic rings. The van der Waals surface area contributed by atoms with Crippen molar-refractivity contribution in [3.05, 3.63) is 96.3 Å². The third-order valence-electron chi connectivity index (χ3n) is 7.26. The van der Waals surface area contributed by atoms with Crippen molar-refractivity contribution in [2.75, 3.05) is 12.3 Å². The summed E-state index contributed by atoms with van der Waals surface area (Å²) in [6.45, 7) is 13.0. The molecule has 0 saturated carbocycles. The average molecular weight is 650 g/mol. The number of hydrogen-bond acceptors (Lipinski definition) is 8. The number of benzene rings is 3. The van der Waals surface area contributed by atoms with Crippen molar-refractivity contribution < 1.29 is 23.8 Å². The Hall–Kier alpha value is -5.38. The van der Waals surface area contributed by atoms with Crippen LogP contribution in [0.15, 0.2) is 85.1 Å². The van der Waals surface area contributed by atoms with Crippen LogP contribution in [0, 0.1) is 6.92 Å². The molecule has 10 nitrogen and oxygen atoms in total. The topological polar surface area (TPSA) is 131 Å². The monoisotopic (exact) mass is 649 g/mol. The molecule has 250 valence electrons. The van der Waals surface area contributed by atoms with Crippen molar-refractivity contribution in [2.45, 2.75) is 72.1 Å². The summed E-state index contributed by atoms with van der Waals surface area (Å²) in [6, 6.07) is 24.7. The van der Waals surface area contributed by atoms with Gasteiger partial charge >= 0.3 is 12.2 Å². The Bertz CT molecular complexity index is 1920. The maximum absolute atomic E-state index is 12.9. The predicted molar refractivity (Wildman–Crippen MR) is 188 cm³/mol. The van der Waals surface area contributed by atoms with Crippen LogP contribution in [0.5, 0.6) is 5.75 Å². The lowest BCUT2D eigenvalue weighted by molar-refractivity contribution is 0.0484. The smallest absolute Gasteiger partial charge is 0.435 e. The molecule has 0 aliphatic heterocycles. The van der Waals surface area contributed by atoms with E-state index in [0.717, 1.165) is 27.6 Å². The van der Waals surface area contributed by atoms with E-state index in [9.17, 15) is 9.59 Å². The summed E-state index contributed by atoms with van der Waals surface area (Å²) in [5.74, 6) is 0.517. The van der Waals surface area contributed by atoms with Gasteiger partial charge in [0.05, 0.1) is 29.1 Å². The Morgan fingerprint density at radius 2 is 1.60 bits per heavy atom. The van der Waals surface area contributed by atoms with Gasteiger partial charge in [-0.25, -0.2) is 9.59 Å². The van der Waals surface area contributed by atoms with E-state index < -0.39 is 23.4 Å². The van der Waals surface area contributed by atoms with Crippen molar-refractivity contribution in [3.63, 3.8) is 0 Å². The van der Waals surface area contributed by atoms with Crippen LogP contribution < -0.4 is 15.8 Å². The molecule has 2 heterocycles. The lowest BCUT2D eigenvalue weighted by Crippen LogP contribution is -2.43. The van der Waals surface area contributed by atoms with E-state index >= 15 is 0 Å².